The molecule has 0 spiro atoms. The van der Waals surface area contributed by atoms with Gasteiger partial charge in [0.05, 0.1) is 5.92 Å². The second-order valence-corrected chi connectivity index (χ2v) is 7.63. The lowest BCUT2D eigenvalue weighted by atomic mass is 9.91. The van der Waals surface area contributed by atoms with Gasteiger partial charge in [-0.2, -0.15) is 0 Å². The minimum absolute atomic E-state index is 0.0931. The third kappa shape index (κ3) is 3.39. The zero-order valence-electron chi connectivity index (χ0n) is 13.8. The van der Waals surface area contributed by atoms with Gasteiger partial charge in [0.15, 0.2) is 0 Å². The fourth-order valence-electron chi connectivity index (χ4n) is 3.52. The molecule has 0 aliphatic carbocycles. The van der Waals surface area contributed by atoms with Gasteiger partial charge in [-0.1, -0.05) is 6.92 Å². The average Bonchev–Trinajstić information content (AvgIpc) is 2.80. The van der Waals surface area contributed by atoms with Crippen molar-refractivity contribution in [2.24, 2.45) is 17.6 Å². The molecule has 0 radical (unpaired) electrons. The monoisotopic (exact) mass is 295 g/mol. The van der Waals surface area contributed by atoms with Gasteiger partial charge in [0.2, 0.25) is 11.8 Å². The topological polar surface area (TPSA) is 66.6 Å². The van der Waals surface area contributed by atoms with E-state index in [2.05, 4.69) is 6.92 Å². The van der Waals surface area contributed by atoms with Crippen molar-refractivity contribution in [3.63, 3.8) is 0 Å². The highest BCUT2D eigenvalue weighted by molar-refractivity contribution is 5.89. The molecule has 2 rings (SSSR count). The van der Waals surface area contributed by atoms with E-state index in [1.54, 1.807) is 0 Å². The van der Waals surface area contributed by atoms with E-state index in [-0.39, 0.29) is 29.3 Å². The first-order chi connectivity index (χ1) is 9.74. The number of nitrogens with zero attached hydrogens (tertiary/aromatic N) is 2. The Morgan fingerprint density at radius 3 is 2.57 bits per heavy atom. The standard InChI is InChI=1S/C16H29N3O2/c1-11-5-6-18(13(7-11)9-17)15(21)12-8-14(20)19(10-12)16(2,3)4/h11-13H,5-10,17H2,1-4H3. The molecule has 5 nitrogen and oxygen atoms in total. The van der Waals surface area contributed by atoms with Gasteiger partial charge in [0.25, 0.3) is 0 Å². The summed E-state index contributed by atoms with van der Waals surface area (Å²) in [6.45, 7) is 10.1. The fourth-order valence-corrected chi connectivity index (χ4v) is 3.52. The van der Waals surface area contributed by atoms with E-state index in [0.717, 1.165) is 19.4 Å². The van der Waals surface area contributed by atoms with Crippen LogP contribution in [0.15, 0.2) is 0 Å². The van der Waals surface area contributed by atoms with E-state index in [4.69, 9.17) is 5.73 Å². The lowest BCUT2D eigenvalue weighted by molar-refractivity contribution is -0.139. The number of amides is 2. The Hall–Kier alpha value is -1.10. The fraction of sp³-hybridized carbons (Fsp3) is 0.875. The molecule has 3 atom stereocenters. The molecule has 2 aliphatic heterocycles. The van der Waals surface area contributed by atoms with Gasteiger partial charge in [-0.05, 0) is 39.5 Å². The largest absolute Gasteiger partial charge is 0.338 e. The summed E-state index contributed by atoms with van der Waals surface area (Å²) in [5, 5.41) is 0. The normalized spacial score (nSPS) is 30.9. The molecule has 2 N–H and O–H groups in total. The van der Waals surface area contributed by atoms with E-state index < -0.39 is 0 Å². The number of likely N-dealkylation sites (tertiary alicyclic amines) is 2. The zero-order valence-corrected chi connectivity index (χ0v) is 13.8. The van der Waals surface area contributed by atoms with Crippen molar-refractivity contribution in [3.05, 3.63) is 0 Å². The molecule has 120 valence electrons. The molecule has 2 fully saturated rings. The van der Waals surface area contributed by atoms with Crippen molar-refractivity contribution in [2.75, 3.05) is 19.6 Å². The predicted octanol–water partition coefficient (Wildman–Crippen LogP) is 1.22. The van der Waals surface area contributed by atoms with Crippen molar-refractivity contribution in [1.29, 1.82) is 0 Å². The third-order valence-corrected chi connectivity index (χ3v) is 4.82. The number of rotatable bonds is 2. The van der Waals surface area contributed by atoms with Crippen LogP contribution in [-0.2, 0) is 9.59 Å². The number of carbonyl (C=O) groups excluding carboxylic acids is 2. The number of hydrogen-bond donors (Lipinski definition) is 1. The highest BCUT2D eigenvalue weighted by Gasteiger charge is 2.42. The third-order valence-electron chi connectivity index (χ3n) is 4.82. The van der Waals surface area contributed by atoms with Crippen molar-refractivity contribution in [1.82, 2.24) is 9.80 Å². The van der Waals surface area contributed by atoms with Gasteiger partial charge in [-0.3, -0.25) is 9.59 Å². The van der Waals surface area contributed by atoms with E-state index in [1.165, 1.54) is 0 Å². The van der Waals surface area contributed by atoms with Gasteiger partial charge in [-0.25, -0.2) is 0 Å². The minimum Gasteiger partial charge on any atom is -0.338 e. The van der Waals surface area contributed by atoms with Gasteiger partial charge in [0, 0.05) is 37.6 Å². The predicted molar refractivity (Wildman–Crippen MR) is 82.5 cm³/mol. The number of carbonyl (C=O) groups is 2. The molecule has 2 heterocycles. The second kappa shape index (κ2) is 5.95. The van der Waals surface area contributed by atoms with E-state index in [1.807, 2.05) is 30.6 Å². The Balaban J connectivity index is 2.05. The highest BCUT2D eigenvalue weighted by Crippen LogP contribution is 2.30. The van der Waals surface area contributed by atoms with E-state index in [9.17, 15) is 9.59 Å². The van der Waals surface area contributed by atoms with Crippen LogP contribution in [0.2, 0.25) is 0 Å². The molecule has 2 amide bonds. The van der Waals surface area contributed by atoms with Crippen LogP contribution in [0.25, 0.3) is 0 Å². The first kappa shape index (κ1) is 16.3. The molecule has 0 aromatic carbocycles. The smallest absolute Gasteiger partial charge is 0.228 e. The maximum absolute atomic E-state index is 12.8. The van der Waals surface area contributed by atoms with Gasteiger partial charge < -0.3 is 15.5 Å². The number of nitrogens with two attached hydrogens (primary N) is 1. The molecule has 21 heavy (non-hydrogen) atoms. The first-order valence-corrected chi connectivity index (χ1v) is 8.05. The van der Waals surface area contributed by atoms with Crippen LogP contribution < -0.4 is 5.73 Å². The molecule has 0 saturated carbocycles. The summed E-state index contributed by atoms with van der Waals surface area (Å²) in [6, 6.07) is 0.139. The van der Waals surface area contributed by atoms with Crippen LogP contribution in [0.4, 0.5) is 0 Å². The Bertz CT molecular complexity index is 416. The summed E-state index contributed by atoms with van der Waals surface area (Å²) in [5.41, 5.74) is 5.63. The van der Waals surface area contributed by atoms with Crippen LogP contribution in [0.3, 0.4) is 0 Å². The molecule has 3 unspecified atom stereocenters. The molecule has 0 aromatic heterocycles. The maximum Gasteiger partial charge on any atom is 0.228 e. The highest BCUT2D eigenvalue weighted by atomic mass is 16.2. The van der Waals surface area contributed by atoms with Gasteiger partial charge in [-0.15, -0.1) is 0 Å². The Morgan fingerprint density at radius 2 is 2.05 bits per heavy atom. The van der Waals surface area contributed by atoms with Crippen LogP contribution >= 0.6 is 0 Å². The minimum atomic E-state index is -0.213. The Kier molecular flexibility index (Phi) is 4.61. The van der Waals surface area contributed by atoms with Crippen molar-refractivity contribution in [2.45, 2.75) is 58.5 Å². The second-order valence-electron chi connectivity index (χ2n) is 7.63. The van der Waals surface area contributed by atoms with Gasteiger partial charge >= 0.3 is 0 Å². The van der Waals surface area contributed by atoms with Gasteiger partial charge in [0.1, 0.15) is 0 Å². The van der Waals surface area contributed by atoms with Crippen molar-refractivity contribution < 1.29 is 9.59 Å². The van der Waals surface area contributed by atoms with E-state index >= 15 is 0 Å². The maximum atomic E-state index is 12.8. The summed E-state index contributed by atoms with van der Waals surface area (Å²) in [6.07, 6.45) is 2.36. The van der Waals surface area contributed by atoms with Crippen LogP contribution in [0, 0.1) is 11.8 Å². The molecular formula is C16H29N3O2. The Morgan fingerprint density at radius 1 is 1.38 bits per heavy atom. The molecule has 2 aliphatic rings. The molecule has 2 saturated heterocycles. The first-order valence-electron chi connectivity index (χ1n) is 8.05. The summed E-state index contributed by atoms with van der Waals surface area (Å²) >= 11 is 0. The zero-order chi connectivity index (χ0) is 15.8. The number of hydrogen-bond acceptors (Lipinski definition) is 3. The molecular weight excluding hydrogens is 266 g/mol. The lowest BCUT2D eigenvalue weighted by Crippen LogP contribution is -2.51. The molecule has 0 bridgehead atoms. The average molecular weight is 295 g/mol. The van der Waals surface area contributed by atoms with Crippen molar-refractivity contribution >= 4 is 11.8 Å². The molecule has 0 aromatic rings. The summed E-state index contributed by atoms with van der Waals surface area (Å²) in [7, 11) is 0. The molecule has 5 heteroatoms. The summed E-state index contributed by atoms with van der Waals surface area (Å²) < 4.78 is 0. The lowest BCUT2D eigenvalue weighted by Gasteiger charge is -2.39. The Labute approximate surface area is 127 Å². The van der Waals surface area contributed by atoms with Crippen LogP contribution in [0.1, 0.15) is 47.0 Å². The van der Waals surface area contributed by atoms with Crippen LogP contribution in [0.5, 0.6) is 0 Å². The summed E-state index contributed by atoms with van der Waals surface area (Å²) in [5.74, 6) is 0.644. The quantitative estimate of drug-likeness (QED) is 0.833. The summed E-state index contributed by atoms with van der Waals surface area (Å²) in [4.78, 5) is 28.7. The number of piperidine rings is 1. The van der Waals surface area contributed by atoms with Crippen molar-refractivity contribution in [3.8, 4) is 0 Å². The SMILES string of the molecule is CC1CCN(C(=O)C2CC(=O)N(C(C)(C)C)C2)C(CN)C1. The van der Waals surface area contributed by atoms with Crippen LogP contribution in [-0.4, -0.2) is 52.8 Å². The van der Waals surface area contributed by atoms with E-state index in [0.29, 0.717) is 25.4 Å².